The van der Waals surface area contributed by atoms with Crippen molar-refractivity contribution in [3.05, 3.63) is 47.9 Å². The molecule has 23 heavy (non-hydrogen) atoms. The van der Waals surface area contributed by atoms with E-state index in [9.17, 15) is 4.39 Å². The molecule has 1 aromatic carbocycles. The normalized spacial score (nSPS) is 10.3. The van der Waals surface area contributed by atoms with Gasteiger partial charge in [0.25, 0.3) is 5.89 Å². The molecule has 2 aromatic heterocycles. The number of rotatable bonds is 3. The highest BCUT2D eigenvalue weighted by Crippen LogP contribution is 2.26. The zero-order valence-electron chi connectivity index (χ0n) is 12.5. The lowest BCUT2D eigenvalue weighted by Gasteiger charge is -2.13. The summed E-state index contributed by atoms with van der Waals surface area (Å²) < 4.78 is 18.1. The smallest absolute Gasteiger partial charge is 0.276 e. The highest BCUT2D eigenvalue weighted by Gasteiger charge is 2.13. The Balaban J connectivity index is 2.02. The second-order valence-corrected chi connectivity index (χ2v) is 5.06. The van der Waals surface area contributed by atoms with Crippen molar-refractivity contribution in [2.45, 2.75) is 0 Å². The quantitative estimate of drug-likeness (QED) is 0.740. The molecule has 0 bridgehead atoms. The van der Waals surface area contributed by atoms with Crippen LogP contribution in [0.4, 0.5) is 10.1 Å². The first-order chi connectivity index (χ1) is 11.1. The van der Waals surface area contributed by atoms with Crippen LogP contribution in [0, 0.1) is 17.1 Å². The molecular formula is C16H12FN5O. The van der Waals surface area contributed by atoms with Gasteiger partial charge in [-0.05, 0) is 30.3 Å². The molecule has 0 amide bonds. The van der Waals surface area contributed by atoms with Crippen molar-refractivity contribution < 1.29 is 8.91 Å². The maximum Gasteiger partial charge on any atom is 0.276 e. The van der Waals surface area contributed by atoms with Crippen molar-refractivity contribution in [2.75, 3.05) is 19.0 Å². The van der Waals surface area contributed by atoms with Crippen molar-refractivity contribution in [2.24, 2.45) is 0 Å². The number of aromatic nitrogens is 3. The fourth-order valence-corrected chi connectivity index (χ4v) is 2.01. The second-order valence-electron chi connectivity index (χ2n) is 5.06. The number of halogens is 1. The van der Waals surface area contributed by atoms with Crippen molar-refractivity contribution in [1.82, 2.24) is 15.1 Å². The average molecular weight is 309 g/mol. The van der Waals surface area contributed by atoms with Crippen molar-refractivity contribution in [1.29, 1.82) is 5.26 Å². The van der Waals surface area contributed by atoms with Gasteiger partial charge in [-0.3, -0.25) is 0 Å². The third-order valence-electron chi connectivity index (χ3n) is 3.19. The van der Waals surface area contributed by atoms with Crippen molar-refractivity contribution >= 4 is 5.69 Å². The first-order valence-corrected chi connectivity index (χ1v) is 6.75. The van der Waals surface area contributed by atoms with E-state index in [0.29, 0.717) is 22.6 Å². The number of nitriles is 1. The van der Waals surface area contributed by atoms with Gasteiger partial charge in [-0.15, -0.1) is 0 Å². The lowest BCUT2D eigenvalue weighted by molar-refractivity contribution is 0.431. The molecule has 0 radical (unpaired) electrons. The van der Waals surface area contributed by atoms with Gasteiger partial charge in [0.05, 0.1) is 17.8 Å². The summed E-state index contributed by atoms with van der Waals surface area (Å²) >= 11 is 0. The van der Waals surface area contributed by atoms with Gasteiger partial charge in [0.2, 0.25) is 5.82 Å². The number of hydrogen-bond acceptors (Lipinski definition) is 6. The largest absolute Gasteiger partial charge is 0.378 e. The summed E-state index contributed by atoms with van der Waals surface area (Å²) in [6, 6.07) is 10.1. The molecule has 3 aromatic rings. The van der Waals surface area contributed by atoms with E-state index in [4.69, 9.17) is 9.78 Å². The molecule has 0 aliphatic heterocycles. The average Bonchev–Trinajstić information content (AvgIpc) is 3.05. The van der Waals surface area contributed by atoms with Gasteiger partial charge >= 0.3 is 0 Å². The molecule has 0 spiro atoms. The predicted octanol–water partition coefficient (Wildman–Crippen LogP) is 2.88. The monoisotopic (exact) mass is 309 g/mol. The fourth-order valence-electron chi connectivity index (χ4n) is 2.01. The van der Waals surface area contributed by atoms with Crippen LogP contribution in [0.15, 0.2) is 41.1 Å². The summed E-state index contributed by atoms with van der Waals surface area (Å²) in [4.78, 5) is 10.1. The number of hydrogen-bond donors (Lipinski definition) is 0. The SMILES string of the molecule is CN(C)c1cc(C#N)cc(-c2noc(-c3ccc(F)cn3)n2)c1. The lowest BCUT2D eigenvalue weighted by atomic mass is 10.1. The summed E-state index contributed by atoms with van der Waals surface area (Å²) in [5.41, 5.74) is 2.39. The maximum atomic E-state index is 12.9. The van der Waals surface area contributed by atoms with Gasteiger partial charge in [0.15, 0.2) is 0 Å². The Morgan fingerprint density at radius 1 is 1.22 bits per heavy atom. The summed E-state index contributed by atoms with van der Waals surface area (Å²) in [7, 11) is 3.76. The third kappa shape index (κ3) is 3.01. The topological polar surface area (TPSA) is 78.8 Å². The Kier molecular flexibility index (Phi) is 3.73. The number of benzene rings is 1. The molecule has 3 rings (SSSR count). The Morgan fingerprint density at radius 2 is 2.04 bits per heavy atom. The molecule has 114 valence electrons. The van der Waals surface area contributed by atoms with Gasteiger partial charge in [0.1, 0.15) is 11.5 Å². The molecule has 7 heteroatoms. The summed E-state index contributed by atoms with van der Waals surface area (Å²) in [5, 5.41) is 13.1. The second kappa shape index (κ2) is 5.85. The van der Waals surface area contributed by atoms with Crippen LogP contribution in [-0.2, 0) is 0 Å². The van der Waals surface area contributed by atoms with E-state index >= 15 is 0 Å². The number of anilines is 1. The van der Waals surface area contributed by atoms with E-state index in [1.165, 1.54) is 12.1 Å². The molecule has 0 aliphatic rings. The molecule has 0 unspecified atom stereocenters. The number of nitrogens with zero attached hydrogens (tertiary/aromatic N) is 5. The molecule has 0 saturated carbocycles. The number of pyridine rings is 1. The van der Waals surface area contributed by atoms with Crippen LogP contribution in [0.2, 0.25) is 0 Å². The fraction of sp³-hybridized carbons (Fsp3) is 0.125. The minimum Gasteiger partial charge on any atom is -0.378 e. The molecule has 0 N–H and O–H groups in total. The molecule has 6 nitrogen and oxygen atoms in total. The minimum absolute atomic E-state index is 0.189. The minimum atomic E-state index is -0.439. The van der Waals surface area contributed by atoms with Gasteiger partial charge in [-0.2, -0.15) is 10.2 Å². The van der Waals surface area contributed by atoms with E-state index in [0.717, 1.165) is 11.9 Å². The third-order valence-corrected chi connectivity index (χ3v) is 3.19. The van der Waals surface area contributed by atoms with E-state index in [-0.39, 0.29) is 5.89 Å². The Hall–Kier alpha value is -3.27. The standard InChI is InChI=1S/C16H12FN5O/c1-22(2)13-6-10(8-18)5-11(7-13)15-20-16(23-21-15)14-4-3-12(17)9-19-14/h3-7,9H,1-2H3. The molecule has 2 heterocycles. The molecule has 0 aliphatic carbocycles. The van der Waals surface area contributed by atoms with E-state index in [1.807, 2.05) is 25.1 Å². The summed E-state index contributed by atoms with van der Waals surface area (Å²) in [6.45, 7) is 0. The van der Waals surface area contributed by atoms with Gasteiger partial charge < -0.3 is 9.42 Å². The summed E-state index contributed by atoms with van der Waals surface area (Å²) in [6.07, 6.45) is 1.08. The Labute approximate surface area is 131 Å². The Bertz CT molecular complexity index is 880. The first-order valence-electron chi connectivity index (χ1n) is 6.75. The van der Waals surface area contributed by atoms with Gasteiger partial charge in [-0.25, -0.2) is 9.37 Å². The lowest BCUT2D eigenvalue weighted by Crippen LogP contribution is -2.08. The molecule has 0 saturated heterocycles. The van der Waals surface area contributed by atoms with Gasteiger partial charge in [-0.1, -0.05) is 5.16 Å². The zero-order valence-corrected chi connectivity index (χ0v) is 12.5. The van der Waals surface area contributed by atoms with E-state index in [1.54, 1.807) is 12.1 Å². The highest BCUT2D eigenvalue weighted by molar-refractivity contribution is 5.67. The highest BCUT2D eigenvalue weighted by atomic mass is 19.1. The molecule has 0 fully saturated rings. The van der Waals surface area contributed by atoms with Crippen molar-refractivity contribution in [3.8, 4) is 29.0 Å². The van der Waals surface area contributed by atoms with E-state index in [2.05, 4.69) is 21.2 Å². The van der Waals surface area contributed by atoms with Crippen LogP contribution >= 0.6 is 0 Å². The first kappa shape index (κ1) is 14.7. The maximum absolute atomic E-state index is 12.9. The molecular weight excluding hydrogens is 297 g/mol. The summed E-state index contributed by atoms with van der Waals surface area (Å²) in [5.74, 6) is 0.0888. The van der Waals surface area contributed by atoms with Crippen LogP contribution in [-0.4, -0.2) is 29.2 Å². The van der Waals surface area contributed by atoms with Gasteiger partial charge in [0, 0.05) is 25.3 Å². The van der Waals surface area contributed by atoms with Crippen LogP contribution in [0.5, 0.6) is 0 Å². The van der Waals surface area contributed by atoms with Crippen LogP contribution in [0.3, 0.4) is 0 Å². The van der Waals surface area contributed by atoms with Crippen LogP contribution in [0.25, 0.3) is 23.0 Å². The van der Waals surface area contributed by atoms with Crippen LogP contribution in [0.1, 0.15) is 5.56 Å². The van der Waals surface area contributed by atoms with E-state index < -0.39 is 5.82 Å². The van der Waals surface area contributed by atoms with Crippen LogP contribution < -0.4 is 4.90 Å². The molecule has 0 atom stereocenters. The predicted molar refractivity (Wildman–Crippen MR) is 82.0 cm³/mol. The zero-order chi connectivity index (χ0) is 16.4. The van der Waals surface area contributed by atoms with Crippen molar-refractivity contribution in [3.63, 3.8) is 0 Å². The Morgan fingerprint density at radius 3 is 2.70 bits per heavy atom.